The zero-order valence-corrected chi connectivity index (χ0v) is 12.0. The maximum absolute atomic E-state index is 12.5. The summed E-state index contributed by atoms with van der Waals surface area (Å²) in [6.07, 6.45) is 2.51. The number of aromatic nitrogens is 1. The van der Waals surface area contributed by atoms with E-state index in [1.54, 1.807) is 12.3 Å². The van der Waals surface area contributed by atoms with Crippen LogP contribution in [0.4, 0.5) is 0 Å². The number of carbonyl (C=O) groups is 1. The molecule has 0 aliphatic heterocycles. The van der Waals surface area contributed by atoms with Crippen LogP contribution in [0.3, 0.4) is 0 Å². The zero-order valence-electron chi connectivity index (χ0n) is 10.4. The molecule has 1 aromatic carbocycles. The summed E-state index contributed by atoms with van der Waals surface area (Å²) >= 11 is 3.48. The Hall–Kier alpha value is -1.81. The van der Waals surface area contributed by atoms with Crippen molar-refractivity contribution in [3.05, 3.63) is 58.1 Å². The zero-order chi connectivity index (χ0) is 13.4. The Morgan fingerprint density at radius 1 is 1.32 bits per heavy atom. The molecule has 1 N–H and O–H groups in total. The molecular formula is C15H12BrNO2. The maximum Gasteiger partial charge on any atom is 0.230 e. The summed E-state index contributed by atoms with van der Waals surface area (Å²) in [5.74, 6) is 1.11. The van der Waals surface area contributed by atoms with Crippen molar-refractivity contribution in [1.29, 1.82) is 0 Å². The molecule has 0 saturated heterocycles. The minimum absolute atomic E-state index is 0.0992. The molecule has 2 heterocycles. The first-order valence-electron chi connectivity index (χ1n) is 6.09. The van der Waals surface area contributed by atoms with Crippen molar-refractivity contribution in [2.24, 2.45) is 0 Å². The maximum atomic E-state index is 12.5. The predicted molar refractivity (Wildman–Crippen MR) is 77.5 cm³/mol. The number of hydrogen-bond acceptors (Lipinski definition) is 2. The first kappa shape index (κ1) is 12.2. The van der Waals surface area contributed by atoms with E-state index in [4.69, 9.17) is 4.42 Å². The summed E-state index contributed by atoms with van der Waals surface area (Å²) < 4.78 is 6.43. The van der Waals surface area contributed by atoms with E-state index in [-0.39, 0.29) is 5.78 Å². The van der Waals surface area contributed by atoms with Crippen molar-refractivity contribution in [3.8, 4) is 0 Å². The second-order valence-electron chi connectivity index (χ2n) is 4.31. The number of carbonyl (C=O) groups excluding carboxylic acids is 1. The Morgan fingerprint density at radius 2 is 2.16 bits per heavy atom. The number of H-pyrrole nitrogens is 1. The van der Waals surface area contributed by atoms with E-state index in [2.05, 4.69) is 20.9 Å². The molecule has 2 aromatic heterocycles. The molecule has 0 spiro atoms. The van der Waals surface area contributed by atoms with Gasteiger partial charge in [-0.05, 0) is 24.3 Å². The molecule has 0 atom stereocenters. The second-order valence-corrected chi connectivity index (χ2v) is 5.17. The van der Waals surface area contributed by atoms with Gasteiger partial charge in [0.2, 0.25) is 5.78 Å². The topological polar surface area (TPSA) is 46.0 Å². The fourth-order valence-corrected chi connectivity index (χ4v) is 2.72. The summed E-state index contributed by atoms with van der Waals surface area (Å²) in [6.45, 7) is 2.00. The molecule has 0 aliphatic carbocycles. The lowest BCUT2D eigenvalue weighted by Gasteiger charge is -1.98. The van der Waals surface area contributed by atoms with E-state index < -0.39 is 0 Å². The minimum Gasteiger partial charge on any atom is -0.458 e. The van der Waals surface area contributed by atoms with Crippen LogP contribution in [-0.2, 0) is 6.42 Å². The molecule has 3 rings (SSSR count). The quantitative estimate of drug-likeness (QED) is 0.731. The lowest BCUT2D eigenvalue weighted by Crippen LogP contribution is -1.98. The molecule has 0 amide bonds. The van der Waals surface area contributed by atoms with Crippen LogP contribution < -0.4 is 0 Å². The predicted octanol–water partition coefficient (Wildman–Crippen LogP) is 4.32. The summed E-state index contributed by atoms with van der Waals surface area (Å²) in [5, 5.41) is 0.891. The van der Waals surface area contributed by atoms with Crippen LogP contribution in [0.1, 0.15) is 28.8 Å². The van der Waals surface area contributed by atoms with Crippen molar-refractivity contribution in [2.45, 2.75) is 13.3 Å². The van der Waals surface area contributed by atoms with Crippen molar-refractivity contribution < 1.29 is 9.21 Å². The number of ketones is 1. The number of fused-ring (bicyclic) bond motifs is 1. The molecule has 0 aliphatic rings. The molecule has 4 heteroatoms. The summed E-state index contributed by atoms with van der Waals surface area (Å²) in [4.78, 5) is 15.6. The van der Waals surface area contributed by atoms with Crippen LogP contribution in [0.25, 0.3) is 10.9 Å². The van der Waals surface area contributed by atoms with Gasteiger partial charge in [0.05, 0.1) is 5.56 Å². The molecule has 3 nitrogen and oxygen atoms in total. The number of halogens is 1. The fraction of sp³-hybridized carbons (Fsp3) is 0.133. The van der Waals surface area contributed by atoms with Gasteiger partial charge in [0.25, 0.3) is 0 Å². The normalized spacial score (nSPS) is 11.1. The van der Waals surface area contributed by atoms with Crippen LogP contribution >= 0.6 is 15.9 Å². The largest absolute Gasteiger partial charge is 0.458 e. The third-order valence-corrected chi connectivity index (χ3v) is 3.79. The summed E-state index contributed by atoms with van der Waals surface area (Å²) in [6, 6.07) is 9.37. The number of aromatic amines is 1. The number of aryl methyl sites for hydroxylation is 1. The van der Waals surface area contributed by atoms with E-state index in [0.29, 0.717) is 11.3 Å². The van der Waals surface area contributed by atoms with Crippen molar-refractivity contribution in [2.75, 3.05) is 0 Å². The summed E-state index contributed by atoms with van der Waals surface area (Å²) in [5.41, 5.74) is 1.56. The van der Waals surface area contributed by atoms with E-state index in [1.165, 1.54) is 0 Å². The van der Waals surface area contributed by atoms with Gasteiger partial charge in [-0.15, -0.1) is 0 Å². The number of nitrogens with one attached hydrogen (secondary N) is 1. The highest BCUT2D eigenvalue weighted by Gasteiger charge is 2.18. The van der Waals surface area contributed by atoms with Gasteiger partial charge in [-0.1, -0.05) is 28.9 Å². The third-order valence-electron chi connectivity index (χ3n) is 3.13. The second kappa shape index (κ2) is 4.70. The van der Waals surface area contributed by atoms with Gasteiger partial charge in [-0.25, -0.2) is 0 Å². The average molecular weight is 318 g/mol. The van der Waals surface area contributed by atoms with Gasteiger partial charge in [0.15, 0.2) is 5.76 Å². The highest BCUT2D eigenvalue weighted by molar-refractivity contribution is 9.10. The van der Waals surface area contributed by atoms with Gasteiger partial charge < -0.3 is 9.40 Å². The lowest BCUT2D eigenvalue weighted by atomic mass is 10.1. The Balaban J connectivity index is 2.11. The standard InChI is InChI=1S/C15H12BrNO2/c1-2-9-6-7-13(19-9)15(18)10-8-17-12-5-3-4-11(16)14(10)12/h3-8,17H,2H2,1H3. The fourth-order valence-electron chi connectivity index (χ4n) is 2.14. The Labute approximate surface area is 118 Å². The third kappa shape index (κ3) is 2.02. The van der Waals surface area contributed by atoms with E-state index in [9.17, 15) is 4.79 Å². The van der Waals surface area contributed by atoms with Crippen LogP contribution in [-0.4, -0.2) is 10.8 Å². The van der Waals surface area contributed by atoms with Crippen molar-refractivity contribution >= 4 is 32.6 Å². The number of rotatable bonds is 3. The molecule has 0 radical (unpaired) electrons. The van der Waals surface area contributed by atoms with Crippen molar-refractivity contribution in [3.63, 3.8) is 0 Å². The lowest BCUT2D eigenvalue weighted by molar-refractivity contribution is 0.101. The molecule has 0 bridgehead atoms. The van der Waals surface area contributed by atoms with Crippen LogP contribution in [0.2, 0.25) is 0 Å². The Morgan fingerprint density at radius 3 is 2.89 bits per heavy atom. The highest BCUT2D eigenvalue weighted by Crippen LogP contribution is 2.28. The number of furan rings is 1. The van der Waals surface area contributed by atoms with Gasteiger partial charge >= 0.3 is 0 Å². The first-order valence-corrected chi connectivity index (χ1v) is 6.89. The minimum atomic E-state index is -0.0992. The monoisotopic (exact) mass is 317 g/mol. The first-order chi connectivity index (χ1) is 9.20. The van der Waals surface area contributed by atoms with Crippen LogP contribution in [0, 0.1) is 0 Å². The van der Waals surface area contributed by atoms with E-state index >= 15 is 0 Å². The van der Waals surface area contributed by atoms with Gasteiger partial charge in [0, 0.05) is 28.0 Å². The SMILES string of the molecule is CCc1ccc(C(=O)c2c[nH]c3cccc(Br)c23)o1. The highest BCUT2D eigenvalue weighted by atomic mass is 79.9. The molecule has 96 valence electrons. The molecule has 0 unspecified atom stereocenters. The molecule has 0 fully saturated rings. The van der Waals surface area contributed by atoms with Crippen molar-refractivity contribution in [1.82, 2.24) is 4.98 Å². The van der Waals surface area contributed by atoms with Crippen LogP contribution in [0.5, 0.6) is 0 Å². The molecule has 19 heavy (non-hydrogen) atoms. The molecular weight excluding hydrogens is 306 g/mol. The smallest absolute Gasteiger partial charge is 0.230 e. The van der Waals surface area contributed by atoms with Crippen LogP contribution in [0.15, 0.2) is 45.4 Å². The Bertz CT molecular complexity index is 754. The molecule has 3 aromatic rings. The van der Waals surface area contributed by atoms with Gasteiger partial charge in [-0.3, -0.25) is 4.79 Å². The number of benzene rings is 1. The van der Waals surface area contributed by atoms with E-state index in [1.807, 2.05) is 31.2 Å². The van der Waals surface area contributed by atoms with E-state index in [0.717, 1.165) is 27.6 Å². The summed E-state index contributed by atoms with van der Waals surface area (Å²) in [7, 11) is 0. The van der Waals surface area contributed by atoms with Gasteiger partial charge in [0.1, 0.15) is 5.76 Å². The average Bonchev–Trinajstić information content (AvgIpc) is 3.05. The van der Waals surface area contributed by atoms with Gasteiger partial charge in [-0.2, -0.15) is 0 Å². The molecule has 0 saturated carbocycles. The number of hydrogen-bond donors (Lipinski definition) is 1. The Kier molecular flexibility index (Phi) is 3.03.